The van der Waals surface area contributed by atoms with Gasteiger partial charge in [0.15, 0.2) is 0 Å². The number of anilines is 1. The average Bonchev–Trinajstić information content (AvgIpc) is 3.02. The molecule has 0 saturated carbocycles. The van der Waals surface area contributed by atoms with Gasteiger partial charge < -0.3 is 15.0 Å². The highest BCUT2D eigenvalue weighted by atomic mass is 35.5. The van der Waals surface area contributed by atoms with Crippen molar-refractivity contribution in [2.24, 2.45) is 0 Å². The van der Waals surface area contributed by atoms with Crippen LogP contribution in [0.4, 0.5) is 5.69 Å². The summed E-state index contributed by atoms with van der Waals surface area (Å²) in [4.78, 5) is 30.1. The van der Waals surface area contributed by atoms with E-state index in [0.717, 1.165) is 21.0 Å². The van der Waals surface area contributed by atoms with Gasteiger partial charge in [-0.1, -0.05) is 90.0 Å². The van der Waals surface area contributed by atoms with Crippen molar-refractivity contribution in [3.63, 3.8) is 0 Å². The number of carbonyl (C=O) groups is 2. The Hall–Kier alpha value is -4.34. The summed E-state index contributed by atoms with van der Waals surface area (Å²) < 4.78 is 35.0. The zero-order valence-electron chi connectivity index (χ0n) is 26.7. The van der Waals surface area contributed by atoms with Gasteiger partial charge in [-0.15, -0.1) is 0 Å². The number of halogens is 1. The molecule has 10 heteroatoms. The molecule has 1 N–H and O–H groups in total. The summed E-state index contributed by atoms with van der Waals surface area (Å²) in [6.45, 7) is 7.03. The fourth-order valence-corrected chi connectivity index (χ4v) is 6.59. The topological polar surface area (TPSA) is 96.0 Å². The number of hydrogen-bond donors (Lipinski definition) is 1. The molecule has 0 aliphatic heterocycles. The van der Waals surface area contributed by atoms with Crippen molar-refractivity contribution >= 4 is 39.1 Å². The first-order chi connectivity index (χ1) is 21.8. The van der Waals surface area contributed by atoms with E-state index in [4.69, 9.17) is 16.3 Å². The average molecular weight is 662 g/mol. The van der Waals surface area contributed by atoms with Crippen LogP contribution in [0.15, 0.2) is 108 Å². The molecule has 1 unspecified atom stereocenters. The molecule has 4 rings (SSSR count). The second kappa shape index (κ2) is 14.8. The molecule has 0 spiro atoms. The predicted molar refractivity (Wildman–Crippen MR) is 183 cm³/mol. The van der Waals surface area contributed by atoms with E-state index >= 15 is 0 Å². The number of hydrogen-bond acceptors (Lipinski definition) is 5. The summed E-state index contributed by atoms with van der Waals surface area (Å²) in [5, 5.41) is 3.30. The van der Waals surface area contributed by atoms with Crippen LogP contribution in [0.5, 0.6) is 5.75 Å². The summed E-state index contributed by atoms with van der Waals surface area (Å²) in [6.07, 6.45) is 0.215. The van der Waals surface area contributed by atoms with Gasteiger partial charge in [0.2, 0.25) is 11.8 Å². The fourth-order valence-electron chi connectivity index (χ4n) is 4.99. The van der Waals surface area contributed by atoms with Gasteiger partial charge in [0, 0.05) is 23.5 Å². The van der Waals surface area contributed by atoms with Crippen molar-refractivity contribution < 1.29 is 22.7 Å². The molecule has 0 heterocycles. The second-order valence-corrected chi connectivity index (χ2v) is 14.4. The number of rotatable bonds is 12. The minimum absolute atomic E-state index is 0.0128. The smallest absolute Gasteiger partial charge is 0.264 e. The Kier molecular flexibility index (Phi) is 11.1. The zero-order chi connectivity index (χ0) is 33.5. The number of nitrogens with one attached hydrogen (secondary N) is 1. The van der Waals surface area contributed by atoms with Crippen molar-refractivity contribution in [1.29, 1.82) is 0 Å². The standard InChI is InChI=1S/C36H40ClN3O5S/c1-26-16-18-28(19-17-26)24-39(32(35(42)38-36(2,3)4)22-27-12-8-6-9-13-27)34(41)25-40(31-23-29(37)20-21-33(31)45-5)46(43,44)30-14-10-7-11-15-30/h6-21,23,32H,22,24-25H2,1-5H3,(H,38,42). The van der Waals surface area contributed by atoms with E-state index in [2.05, 4.69) is 5.32 Å². The molecule has 4 aromatic carbocycles. The Morgan fingerprint density at radius 3 is 2.07 bits per heavy atom. The lowest BCUT2D eigenvalue weighted by molar-refractivity contribution is -0.140. The van der Waals surface area contributed by atoms with E-state index in [0.29, 0.717) is 0 Å². The number of carbonyl (C=O) groups excluding carboxylic acids is 2. The first-order valence-electron chi connectivity index (χ1n) is 14.9. The minimum Gasteiger partial charge on any atom is -0.495 e. The molecule has 1 atom stereocenters. The van der Waals surface area contributed by atoms with Crippen LogP contribution in [0.25, 0.3) is 0 Å². The molecule has 0 fully saturated rings. The first kappa shape index (κ1) is 34.5. The number of ether oxygens (including phenoxy) is 1. The third-order valence-corrected chi connectivity index (χ3v) is 9.27. The molecular formula is C36H40ClN3O5S. The van der Waals surface area contributed by atoms with Crippen molar-refractivity contribution in [2.45, 2.75) is 57.1 Å². The van der Waals surface area contributed by atoms with E-state index < -0.39 is 34.1 Å². The molecule has 0 aliphatic carbocycles. The van der Waals surface area contributed by atoms with Gasteiger partial charge in [-0.3, -0.25) is 13.9 Å². The van der Waals surface area contributed by atoms with E-state index in [1.807, 2.05) is 82.3 Å². The Bertz CT molecular complexity index is 1740. The maximum atomic E-state index is 14.6. The summed E-state index contributed by atoms with van der Waals surface area (Å²) in [5.74, 6) is -0.713. The largest absolute Gasteiger partial charge is 0.495 e. The lowest BCUT2D eigenvalue weighted by Gasteiger charge is -2.35. The molecule has 46 heavy (non-hydrogen) atoms. The molecule has 0 bridgehead atoms. The highest BCUT2D eigenvalue weighted by molar-refractivity contribution is 7.92. The highest BCUT2D eigenvalue weighted by Crippen LogP contribution is 2.35. The van der Waals surface area contributed by atoms with Crippen LogP contribution in [-0.4, -0.2) is 50.4 Å². The third-order valence-electron chi connectivity index (χ3n) is 7.26. The Morgan fingerprint density at radius 1 is 0.870 bits per heavy atom. The lowest BCUT2D eigenvalue weighted by Crippen LogP contribution is -2.56. The number of benzene rings is 4. The van der Waals surface area contributed by atoms with Crippen LogP contribution in [0.2, 0.25) is 5.02 Å². The summed E-state index contributed by atoms with van der Waals surface area (Å²) in [7, 11) is -2.88. The molecular weight excluding hydrogens is 622 g/mol. The minimum atomic E-state index is -4.30. The fraction of sp³-hybridized carbons (Fsp3) is 0.278. The number of sulfonamides is 1. The van der Waals surface area contributed by atoms with Gasteiger partial charge in [-0.2, -0.15) is 0 Å². The molecule has 0 aliphatic rings. The predicted octanol–water partition coefficient (Wildman–Crippen LogP) is 6.41. The van der Waals surface area contributed by atoms with Crippen LogP contribution in [0.3, 0.4) is 0 Å². The second-order valence-electron chi connectivity index (χ2n) is 12.1. The molecule has 0 radical (unpaired) electrons. The van der Waals surface area contributed by atoms with Crippen LogP contribution >= 0.6 is 11.6 Å². The van der Waals surface area contributed by atoms with E-state index in [1.54, 1.807) is 30.3 Å². The van der Waals surface area contributed by atoms with Crippen molar-refractivity contribution in [3.05, 3.63) is 125 Å². The van der Waals surface area contributed by atoms with E-state index in [1.165, 1.54) is 30.2 Å². The maximum Gasteiger partial charge on any atom is 0.264 e. The Balaban J connectivity index is 1.85. The van der Waals surface area contributed by atoms with Gasteiger partial charge in [-0.05, 0) is 69.2 Å². The summed E-state index contributed by atoms with van der Waals surface area (Å²) in [6, 6.07) is 28.6. The highest BCUT2D eigenvalue weighted by Gasteiger charge is 2.36. The maximum absolute atomic E-state index is 14.6. The van der Waals surface area contributed by atoms with Gasteiger partial charge >= 0.3 is 0 Å². The first-order valence-corrected chi connectivity index (χ1v) is 16.7. The molecule has 4 aromatic rings. The Labute approximate surface area is 277 Å². The van der Waals surface area contributed by atoms with Gasteiger partial charge in [0.1, 0.15) is 18.3 Å². The molecule has 8 nitrogen and oxygen atoms in total. The normalized spacial score (nSPS) is 12.2. The number of amides is 2. The SMILES string of the molecule is COc1ccc(Cl)cc1N(CC(=O)N(Cc1ccc(C)cc1)C(Cc1ccccc1)C(=O)NC(C)(C)C)S(=O)(=O)c1ccccc1. The van der Waals surface area contributed by atoms with Crippen molar-refractivity contribution in [2.75, 3.05) is 18.0 Å². The van der Waals surface area contributed by atoms with E-state index in [-0.39, 0.29) is 40.2 Å². The van der Waals surface area contributed by atoms with Crippen LogP contribution in [-0.2, 0) is 32.6 Å². The quantitative estimate of drug-likeness (QED) is 0.189. The zero-order valence-corrected chi connectivity index (χ0v) is 28.3. The van der Waals surface area contributed by atoms with Crippen LogP contribution in [0.1, 0.15) is 37.5 Å². The van der Waals surface area contributed by atoms with Crippen molar-refractivity contribution in [3.8, 4) is 5.75 Å². The summed E-state index contributed by atoms with van der Waals surface area (Å²) >= 11 is 6.35. The number of aryl methyl sites for hydroxylation is 1. The number of nitrogens with zero attached hydrogens (tertiary/aromatic N) is 2. The number of methoxy groups -OCH3 is 1. The monoisotopic (exact) mass is 661 g/mol. The lowest BCUT2D eigenvalue weighted by atomic mass is 10.0. The van der Waals surface area contributed by atoms with Crippen LogP contribution in [0, 0.1) is 6.92 Å². The van der Waals surface area contributed by atoms with Crippen LogP contribution < -0.4 is 14.4 Å². The van der Waals surface area contributed by atoms with Gasteiger partial charge in [0.05, 0.1) is 17.7 Å². The molecule has 0 saturated heterocycles. The van der Waals surface area contributed by atoms with Crippen molar-refractivity contribution in [1.82, 2.24) is 10.2 Å². The van der Waals surface area contributed by atoms with Gasteiger partial charge in [-0.25, -0.2) is 8.42 Å². The molecule has 0 aromatic heterocycles. The Morgan fingerprint density at radius 2 is 1.48 bits per heavy atom. The molecule has 2 amide bonds. The summed E-state index contributed by atoms with van der Waals surface area (Å²) in [5.41, 5.74) is 2.20. The third kappa shape index (κ3) is 8.89. The molecule has 242 valence electrons. The van der Waals surface area contributed by atoms with Gasteiger partial charge in [0.25, 0.3) is 10.0 Å². The van der Waals surface area contributed by atoms with E-state index in [9.17, 15) is 18.0 Å².